The van der Waals surface area contributed by atoms with E-state index in [0.717, 1.165) is 29.6 Å². The first-order chi connectivity index (χ1) is 12.6. The molecule has 2 aliphatic heterocycles. The minimum absolute atomic E-state index is 0. The molecule has 0 bridgehead atoms. The lowest BCUT2D eigenvalue weighted by Gasteiger charge is -2.29. The maximum atomic E-state index is 12.9. The van der Waals surface area contributed by atoms with Crippen LogP contribution in [-0.2, 0) is 5.72 Å². The number of thioether (sulfide) groups is 1. The van der Waals surface area contributed by atoms with Gasteiger partial charge in [-0.3, -0.25) is 0 Å². The molecule has 4 rings (SSSR count). The number of hydrogen-bond acceptors (Lipinski definition) is 4. The summed E-state index contributed by atoms with van der Waals surface area (Å²) in [6.07, 6.45) is 1.02. The van der Waals surface area contributed by atoms with Crippen molar-refractivity contribution in [2.24, 2.45) is 0 Å². The Labute approximate surface area is 171 Å². The van der Waals surface area contributed by atoms with Crippen LogP contribution in [0.4, 0.5) is 14.5 Å². The summed E-state index contributed by atoms with van der Waals surface area (Å²) in [5.41, 5.74) is -0.333. The SMILES string of the molecule is OC1(c2ccccc2OC(F)F)C[N+]2=C(SCCC2)N1c1ccccc1.[Br-]. The highest BCUT2D eigenvalue weighted by Crippen LogP contribution is 2.42. The van der Waals surface area contributed by atoms with E-state index in [1.165, 1.54) is 6.07 Å². The van der Waals surface area contributed by atoms with Gasteiger partial charge in [-0.25, -0.2) is 4.58 Å². The number of para-hydroxylation sites is 2. The molecule has 1 unspecified atom stereocenters. The number of rotatable bonds is 4. The molecule has 1 atom stereocenters. The molecule has 27 heavy (non-hydrogen) atoms. The molecule has 2 heterocycles. The van der Waals surface area contributed by atoms with E-state index in [-0.39, 0.29) is 22.7 Å². The van der Waals surface area contributed by atoms with Gasteiger partial charge in [0.05, 0.1) is 12.1 Å². The molecule has 8 heteroatoms. The molecule has 2 aromatic rings. The van der Waals surface area contributed by atoms with Crippen LogP contribution in [0.1, 0.15) is 12.0 Å². The van der Waals surface area contributed by atoms with Crippen LogP contribution in [0.15, 0.2) is 54.6 Å². The van der Waals surface area contributed by atoms with Crippen molar-refractivity contribution in [2.75, 3.05) is 23.7 Å². The smallest absolute Gasteiger partial charge is 0.387 e. The Morgan fingerprint density at radius 2 is 1.81 bits per heavy atom. The largest absolute Gasteiger partial charge is 1.00 e. The third-order valence-corrected chi connectivity index (χ3v) is 5.79. The Kier molecular flexibility index (Phi) is 6.08. The van der Waals surface area contributed by atoms with Gasteiger partial charge in [0.2, 0.25) is 0 Å². The fourth-order valence-electron chi connectivity index (χ4n) is 3.56. The Balaban J connectivity index is 0.00000210. The predicted molar refractivity (Wildman–Crippen MR) is 98.0 cm³/mol. The second kappa shape index (κ2) is 8.16. The van der Waals surface area contributed by atoms with Crippen molar-refractivity contribution in [1.29, 1.82) is 0 Å². The van der Waals surface area contributed by atoms with Gasteiger partial charge in [-0.15, -0.1) is 0 Å². The third-order valence-electron chi connectivity index (χ3n) is 4.60. The lowest BCUT2D eigenvalue weighted by atomic mass is 10.00. The van der Waals surface area contributed by atoms with E-state index < -0.39 is 12.3 Å². The zero-order valence-corrected chi connectivity index (χ0v) is 16.8. The summed E-state index contributed by atoms with van der Waals surface area (Å²) in [7, 11) is 0. The number of ether oxygens (including phenoxy) is 1. The first-order valence-corrected chi connectivity index (χ1v) is 9.45. The lowest BCUT2D eigenvalue weighted by molar-refractivity contribution is -0.532. The minimum Gasteiger partial charge on any atom is -1.00 e. The van der Waals surface area contributed by atoms with Crippen molar-refractivity contribution in [3.63, 3.8) is 0 Å². The molecular formula is C19H19BrF2N2O2S. The Morgan fingerprint density at radius 3 is 2.56 bits per heavy atom. The number of amidine groups is 1. The van der Waals surface area contributed by atoms with Gasteiger partial charge in [-0.1, -0.05) is 30.3 Å². The van der Waals surface area contributed by atoms with E-state index in [1.807, 2.05) is 35.2 Å². The summed E-state index contributed by atoms with van der Waals surface area (Å²) >= 11 is 1.67. The molecule has 0 fully saturated rings. The Morgan fingerprint density at radius 1 is 1.11 bits per heavy atom. The molecule has 0 aliphatic carbocycles. The number of alkyl halides is 2. The fraction of sp³-hybridized carbons (Fsp3) is 0.316. The maximum Gasteiger partial charge on any atom is 0.387 e. The van der Waals surface area contributed by atoms with E-state index in [4.69, 9.17) is 4.74 Å². The van der Waals surface area contributed by atoms with Crippen LogP contribution in [0.5, 0.6) is 5.75 Å². The zero-order valence-electron chi connectivity index (χ0n) is 14.4. The summed E-state index contributed by atoms with van der Waals surface area (Å²) in [5.74, 6) is 0.955. The number of anilines is 1. The summed E-state index contributed by atoms with van der Waals surface area (Å²) in [5, 5.41) is 12.7. The van der Waals surface area contributed by atoms with E-state index in [1.54, 1.807) is 30.0 Å². The molecule has 4 nitrogen and oxygen atoms in total. The molecular weight excluding hydrogens is 438 g/mol. The molecule has 0 aromatic heterocycles. The predicted octanol–water partition coefficient (Wildman–Crippen LogP) is 0.463. The molecule has 1 N–H and O–H groups in total. The maximum absolute atomic E-state index is 12.9. The number of benzene rings is 2. The number of aliphatic hydroxyl groups is 1. The van der Waals surface area contributed by atoms with Crippen molar-refractivity contribution in [3.05, 3.63) is 60.2 Å². The molecule has 0 spiro atoms. The Bertz CT molecular complexity index is 837. The van der Waals surface area contributed by atoms with E-state index >= 15 is 0 Å². The topological polar surface area (TPSA) is 35.7 Å². The van der Waals surface area contributed by atoms with Crippen LogP contribution in [0.2, 0.25) is 0 Å². The van der Waals surface area contributed by atoms with Crippen LogP contribution in [-0.4, -0.2) is 40.3 Å². The first kappa shape index (κ1) is 20.1. The molecule has 0 amide bonds. The van der Waals surface area contributed by atoms with E-state index in [0.29, 0.717) is 12.1 Å². The van der Waals surface area contributed by atoms with Crippen molar-refractivity contribution >= 4 is 22.6 Å². The standard InChI is InChI=1S/C19H19F2N2O2S.BrH/c20-17(21)25-16-10-5-4-9-15(16)19(24)13-22-11-6-12-26-18(22)23(19)14-7-2-1-3-8-14;/h1-5,7-10,17,24H,6,11-13H2;1H/q+1;/p-1. The molecule has 2 aliphatic rings. The van der Waals surface area contributed by atoms with Gasteiger partial charge >= 0.3 is 11.8 Å². The van der Waals surface area contributed by atoms with Crippen LogP contribution >= 0.6 is 11.8 Å². The van der Waals surface area contributed by atoms with Gasteiger partial charge in [0, 0.05) is 5.75 Å². The first-order valence-electron chi connectivity index (χ1n) is 8.46. The van der Waals surface area contributed by atoms with Crippen molar-refractivity contribution in [3.8, 4) is 5.75 Å². The van der Waals surface area contributed by atoms with Gasteiger partial charge in [0.15, 0.2) is 6.54 Å². The van der Waals surface area contributed by atoms with Crippen LogP contribution in [0, 0.1) is 0 Å². The quantitative estimate of drug-likeness (QED) is 0.678. The van der Waals surface area contributed by atoms with Crippen molar-refractivity contribution in [1.82, 2.24) is 0 Å². The van der Waals surface area contributed by atoms with Crippen LogP contribution < -0.4 is 26.6 Å². The van der Waals surface area contributed by atoms with Crippen molar-refractivity contribution in [2.45, 2.75) is 18.8 Å². The highest BCUT2D eigenvalue weighted by atomic mass is 79.9. The highest BCUT2D eigenvalue weighted by Gasteiger charge is 2.56. The average Bonchev–Trinajstić information content (AvgIpc) is 2.95. The third kappa shape index (κ3) is 3.70. The second-order valence-corrected chi connectivity index (χ2v) is 7.33. The van der Waals surface area contributed by atoms with Gasteiger partial charge in [-0.2, -0.15) is 13.7 Å². The molecule has 144 valence electrons. The average molecular weight is 457 g/mol. The van der Waals surface area contributed by atoms with Gasteiger partial charge < -0.3 is 26.8 Å². The normalized spacial score (nSPS) is 21.9. The number of hydrogen-bond donors (Lipinski definition) is 1. The van der Waals surface area contributed by atoms with Gasteiger partial charge in [-0.05, 0) is 42.4 Å². The summed E-state index contributed by atoms with van der Waals surface area (Å²) in [6.45, 7) is -1.82. The Hall–Kier alpha value is -1.64. The molecule has 0 saturated carbocycles. The number of halogens is 3. The molecule has 0 radical (unpaired) electrons. The summed E-state index contributed by atoms with van der Waals surface area (Å²) in [4.78, 5) is 1.84. The zero-order chi connectivity index (χ0) is 18.1. The number of nitrogens with zero attached hydrogens (tertiary/aromatic N) is 2. The van der Waals surface area contributed by atoms with Gasteiger partial charge in [0.1, 0.15) is 11.4 Å². The van der Waals surface area contributed by atoms with Gasteiger partial charge in [0.25, 0.3) is 5.72 Å². The summed E-state index contributed by atoms with van der Waals surface area (Å²) in [6, 6.07) is 16.0. The van der Waals surface area contributed by atoms with E-state index in [2.05, 4.69) is 4.58 Å². The van der Waals surface area contributed by atoms with Crippen LogP contribution in [0.25, 0.3) is 0 Å². The van der Waals surface area contributed by atoms with Crippen molar-refractivity contribution < 1.29 is 40.2 Å². The fourth-order valence-corrected chi connectivity index (χ4v) is 4.74. The minimum atomic E-state index is -2.95. The highest BCUT2D eigenvalue weighted by molar-refractivity contribution is 8.14. The summed E-state index contributed by atoms with van der Waals surface area (Å²) < 4.78 is 32.6. The van der Waals surface area contributed by atoms with Crippen LogP contribution in [0.3, 0.4) is 0 Å². The second-order valence-electron chi connectivity index (χ2n) is 6.27. The van der Waals surface area contributed by atoms with E-state index in [9.17, 15) is 13.9 Å². The monoisotopic (exact) mass is 456 g/mol. The molecule has 2 aromatic carbocycles. The lowest BCUT2D eigenvalue weighted by Crippen LogP contribution is -3.00. The molecule has 0 saturated heterocycles.